The standard InChI is InChI=1S/C22H28N2O3.ClH/c1-16(24-22(25)14-23-13-17-8-9-17)19-10-11-20(21(12-19)26-2)27-15-18-6-4-3-5-7-18;/h3-7,10-12,16-17,23H,8-9,13-15H2,1-2H3,(H,24,25);1H. The largest absolute Gasteiger partial charge is 0.493 e. The molecule has 1 atom stereocenters. The van der Waals surface area contributed by atoms with Gasteiger partial charge in [0.15, 0.2) is 11.5 Å². The van der Waals surface area contributed by atoms with Crippen LogP contribution in [0.2, 0.25) is 0 Å². The maximum Gasteiger partial charge on any atom is 0.234 e. The monoisotopic (exact) mass is 404 g/mol. The number of hydrogen-bond donors (Lipinski definition) is 2. The zero-order valence-corrected chi connectivity index (χ0v) is 17.3. The predicted octanol–water partition coefficient (Wildman–Crippen LogP) is 3.87. The summed E-state index contributed by atoms with van der Waals surface area (Å²) in [6, 6.07) is 15.7. The van der Waals surface area contributed by atoms with Gasteiger partial charge in [-0.1, -0.05) is 36.4 Å². The number of carbonyl (C=O) groups excluding carboxylic acids is 1. The Morgan fingerprint density at radius 2 is 1.89 bits per heavy atom. The Labute approximate surface area is 173 Å². The van der Waals surface area contributed by atoms with Crippen LogP contribution in [0.4, 0.5) is 0 Å². The van der Waals surface area contributed by atoms with E-state index >= 15 is 0 Å². The molecule has 28 heavy (non-hydrogen) atoms. The van der Waals surface area contributed by atoms with Gasteiger partial charge in [0.05, 0.1) is 19.7 Å². The Morgan fingerprint density at radius 3 is 2.57 bits per heavy atom. The molecule has 0 radical (unpaired) electrons. The van der Waals surface area contributed by atoms with E-state index in [9.17, 15) is 4.79 Å². The molecule has 6 heteroatoms. The average Bonchev–Trinajstić information content (AvgIpc) is 3.51. The highest BCUT2D eigenvalue weighted by atomic mass is 35.5. The number of methoxy groups -OCH3 is 1. The molecule has 0 spiro atoms. The fraction of sp³-hybridized carbons (Fsp3) is 0.409. The minimum atomic E-state index is -0.0997. The molecular weight excluding hydrogens is 376 g/mol. The molecular formula is C22H29ClN2O3. The second-order valence-electron chi connectivity index (χ2n) is 7.05. The molecule has 1 aliphatic carbocycles. The van der Waals surface area contributed by atoms with E-state index in [4.69, 9.17) is 9.47 Å². The van der Waals surface area contributed by atoms with E-state index < -0.39 is 0 Å². The zero-order valence-electron chi connectivity index (χ0n) is 16.4. The average molecular weight is 405 g/mol. The molecule has 0 aromatic heterocycles. The lowest BCUT2D eigenvalue weighted by Crippen LogP contribution is -2.36. The smallest absolute Gasteiger partial charge is 0.234 e. The summed E-state index contributed by atoms with van der Waals surface area (Å²) in [5.74, 6) is 2.13. The third kappa shape index (κ3) is 6.73. The SMILES string of the molecule is COc1cc(C(C)NC(=O)CNCC2CC2)ccc1OCc1ccccc1.Cl. The molecule has 1 unspecified atom stereocenters. The summed E-state index contributed by atoms with van der Waals surface area (Å²) in [7, 11) is 1.62. The van der Waals surface area contributed by atoms with E-state index in [0.717, 1.165) is 23.6 Å². The minimum Gasteiger partial charge on any atom is -0.493 e. The lowest BCUT2D eigenvalue weighted by Gasteiger charge is -2.17. The number of carbonyl (C=O) groups is 1. The van der Waals surface area contributed by atoms with Crippen LogP contribution in [-0.2, 0) is 11.4 Å². The highest BCUT2D eigenvalue weighted by Crippen LogP contribution is 2.31. The van der Waals surface area contributed by atoms with E-state index in [1.54, 1.807) is 7.11 Å². The van der Waals surface area contributed by atoms with Gasteiger partial charge in [-0.3, -0.25) is 4.79 Å². The molecule has 0 aliphatic heterocycles. The van der Waals surface area contributed by atoms with Crippen LogP contribution >= 0.6 is 12.4 Å². The van der Waals surface area contributed by atoms with E-state index in [2.05, 4.69) is 10.6 Å². The Morgan fingerprint density at radius 1 is 1.14 bits per heavy atom. The second kappa shape index (κ2) is 10.9. The van der Waals surface area contributed by atoms with Crippen LogP contribution in [0.25, 0.3) is 0 Å². The van der Waals surface area contributed by atoms with E-state index in [1.807, 2.05) is 55.5 Å². The summed E-state index contributed by atoms with van der Waals surface area (Å²) in [6.07, 6.45) is 2.56. The van der Waals surface area contributed by atoms with Gasteiger partial charge in [-0.25, -0.2) is 0 Å². The molecule has 1 amide bonds. The lowest BCUT2D eigenvalue weighted by molar-refractivity contribution is -0.120. The molecule has 1 saturated carbocycles. The molecule has 2 N–H and O–H groups in total. The van der Waals surface area contributed by atoms with Crippen LogP contribution < -0.4 is 20.1 Å². The summed E-state index contributed by atoms with van der Waals surface area (Å²) in [5.41, 5.74) is 2.08. The lowest BCUT2D eigenvalue weighted by atomic mass is 10.1. The number of amides is 1. The van der Waals surface area contributed by atoms with Crippen molar-refractivity contribution in [2.24, 2.45) is 5.92 Å². The van der Waals surface area contributed by atoms with Crippen LogP contribution in [0.1, 0.15) is 36.9 Å². The third-order valence-electron chi connectivity index (χ3n) is 4.72. The molecule has 1 aliphatic rings. The predicted molar refractivity (Wildman–Crippen MR) is 113 cm³/mol. The van der Waals surface area contributed by atoms with E-state index in [-0.39, 0.29) is 24.4 Å². The number of rotatable bonds is 10. The van der Waals surface area contributed by atoms with Crippen molar-refractivity contribution in [3.63, 3.8) is 0 Å². The molecule has 3 rings (SSSR count). The summed E-state index contributed by atoms with van der Waals surface area (Å²) in [4.78, 5) is 12.1. The van der Waals surface area contributed by atoms with Gasteiger partial charge in [0.1, 0.15) is 6.61 Å². The first kappa shape index (κ1) is 22.1. The van der Waals surface area contributed by atoms with Gasteiger partial charge in [0.2, 0.25) is 5.91 Å². The van der Waals surface area contributed by atoms with Gasteiger partial charge in [-0.05, 0) is 55.5 Å². The van der Waals surface area contributed by atoms with Gasteiger partial charge in [0, 0.05) is 0 Å². The van der Waals surface area contributed by atoms with E-state index in [0.29, 0.717) is 24.7 Å². The maximum atomic E-state index is 12.1. The van der Waals surface area contributed by atoms with Crippen molar-refractivity contribution in [2.45, 2.75) is 32.4 Å². The number of halogens is 1. The number of ether oxygens (including phenoxy) is 2. The first-order chi connectivity index (χ1) is 13.2. The molecule has 0 saturated heterocycles. The van der Waals surface area contributed by atoms with Crippen LogP contribution in [0.5, 0.6) is 11.5 Å². The summed E-state index contributed by atoms with van der Waals surface area (Å²) in [6.45, 7) is 3.74. The van der Waals surface area contributed by atoms with Crippen LogP contribution in [0.15, 0.2) is 48.5 Å². The quantitative estimate of drug-likeness (QED) is 0.631. The molecule has 2 aromatic rings. The Kier molecular flexibility index (Phi) is 8.61. The first-order valence-electron chi connectivity index (χ1n) is 9.50. The molecule has 0 heterocycles. The third-order valence-corrected chi connectivity index (χ3v) is 4.72. The zero-order chi connectivity index (χ0) is 19.1. The summed E-state index contributed by atoms with van der Waals surface area (Å²) >= 11 is 0. The van der Waals surface area contributed by atoms with Gasteiger partial charge in [-0.15, -0.1) is 12.4 Å². The fourth-order valence-corrected chi connectivity index (χ4v) is 2.90. The van der Waals surface area contributed by atoms with Crippen molar-refractivity contribution >= 4 is 18.3 Å². The topological polar surface area (TPSA) is 59.6 Å². The molecule has 5 nitrogen and oxygen atoms in total. The van der Waals surface area contributed by atoms with Crippen molar-refractivity contribution in [3.8, 4) is 11.5 Å². The fourth-order valence-electron chi connectivity index (χ4n) is 2.90. The van der Waals surface area contributed by atoms with E-state index in [1.165, 1.54) is 12.8 Å². The van der Waals surface area contributed by atoms with Crippen molar-refractivity contribution in [2.75, 3.05) is 20.2 Å². The highest BCUT2D eigenvalue weighted by Gasteiger charge is 2.21. The maximum absolute atomic E-state index is 12.1. The Hall–Kier alpha value is -2.24. The first-order valence-corrected chi connectivity index (χ1v) is 9.50. The molecule has 152 valence electrons. The Balaban J connectivity index is 0.00000280. The van der Waals surface area contributed by atoms with Crippen molar-refractivity contribution in [1.29, 1.82) is 0 Å². The van der Waals surface area contributed by atoms with Gasteiger partial charge in [0.25, 0.3) is 0 Å². The van der Waals surface area contributed by atoms with Gasteiger partial charge >= 0.3 is 0 Å². The molecule has 2 aromatic carbocycles. The van der Waals surface area contributed by atoms with Crippen LogP contribution in [-0.4, -0.2) is 26.1 Å². The van der Waals surface area contributed by atoms with Crippen molar-refractivity contribution in [1.82, 2.24) is 10.6 Å². The highest BCUT2D eigenvalue weighted by molar-refractivity contribution is 5.85. The van der Waals surface area contributed by atoms with Crippen LogP contribution in [0, 0.1) is 5.92 Å². The summed E-state index contributed by atoms with van der Waals surface area (Å²) < 4.78 is 11.4. The number of benzene rings is 2. The van der Waals surface area contributed by atoms with Gasteiger partial charge < -0.3 is 20.1 Å². The van der Waals surface area contributed by atoms with Gasteiger partial charge in [-0.2, -0.15) is 0 Å². The van der Waals surface area contributed by atoms with Crippen molar-refractivity contribution in [3.05, 3.63) is 59.7 Å². The van der Waals surface area contributed by atoms with Crippen molar-refractivity contribution < 1.29 is 14.3 Å². The normalized spacial score (nSPS) is 13.9. The minimum absolute atomic E-state index is 0. The summed E-state index contributed by atoms with van der Waals surface area (Å²) in [5, 5.41) is 6.23. The number of hydrogen-bond acceptors (Lipinski definition) is 4. The molecule has 1 fully saturated rings. The van der Waals surface area contributed by atoms with Crippen LogP contribution in [0.3, 0.4) is 0 Å². The second-order valence-corrected chi connectivity index (χ2v) is 7.05. The Bertz CT molecular complexity index is 751. The number of nitrogens with one attached hydrogen (secondary N) is 2. The molecule has 0 bridgehead atoms.